The van der Waals surface area contributed by atoms with Crippen molar-refractivity contribution in [3.63, 3.8) is 0 Å². The van der Waals surface area contributed by atoms with Crippen LogP contribution in [0, 0.1) is 0 Å². The summed E-state index contributed by atoms with van der Waals surface area (Å²) >= 11 is 0. The van der Waals surface area contributed by atoms with Gasteiger partial charge in [-0.05, 0) is 48.0 Å². The number of unbranched alkanes of at least 4 members (excludes halogenated alkanes) is 8. The Morgan fingerprint density at radius 3 is 0.842 bits per heavy atom. The van der Waals surface area contributed by atoms with Gasteiger partial charge in [0.15, 0.2) is 0 Å². The Hall–Kier alpha value is -0.560. The maximum Gasteiger partial charge on any atom is 0.0781 e. The largest absolute Gasteiger partial charge is 0.391 e. The molecule has 14 heteroatoms. The van der Waals surface area contributed by atoms with Gasteiger partial charge in [0.1, 0.15) is 0 Å². The van der Waals surface area contributed by atoms with E-state index in [1.165, 1.54) is 51.4 Å². The molecule has 1 N–H and O–H groups in total. The second kappa shape index (κ2) is 45.0. The normalized spacial score (nSPS) is 15.2. The number of rotatable bonds is 48. The van der Waals surface area contributed by atoms with Crippen molar-refractivity contribution in [3.05, 3.63) is 0 Å². The highest BCUT2D eigenvalue weighted by molar-refractivity contribution is 4.58. The summed E-state index contributed by atoms with van der Waals surface area (Å²) in [4.78, 5) is 0. The first-order chi connectivity index (χ1) is 27.7. The van der Waals surface area contributed by atoms with Gasteiger partial charge in [0.25, 0.3) is 0 Å². The average molecular weight is 829 g/mol. The molecule has 0 saturated heterocycles. The minimum absolute atomic E-state index is 0.0587. The standard InChI is InChI=1S/C43H88O14/c1-8-9-10-11-12-13-14-15-16-17-45-18-19-46-20-21-47-22-23-48-24-25-49-26-27-50-28-29-51-30-31-52-33-39(3)54-35-41(5)56-37-43(7)57-36-42(6)55-34-40(4)53-32-38(2)44/h38-44H,8-37H2,1-7H3. The van der Waals surface area contributed by atoms with Crippen LogP contribution < -0.4 is 0 Å². The maximum atomic E-state index is 9.30. The van der Waals surface area contributed by atoms with Gasteiger partial charge in [0, 0.05) is 6.61 Å². The van der Waals surface area contributed by atoms with Crippen LogP contribution in [0.2, 0.25) is 0 Å². The minimum atomic E-state index is -0.485. The molecule has 57 heavy (non-hydrogen) atoms. The maximum absolute atomic E-state index is 9.30. The van der Waals surface area contributed by atoms with Crippen molar-refractivity contribution < 1.29 is 66.7 Å². The first-order valence-electron chi connectivity index (χ1n) is 22.1. The van der Waals surface area contributed by atoms with Crippen LogP contribution in [0.3, 0.4) is 0 Å². The summed E-state index contributed by atoms with van der Waals surface area (Å²) in [5, 5.41) is 9.30. The smallest absolute Gasteiger partial charge is 0.0781 e. The molecule has 0 aromatic carbocycles. The van der Waals surface area contributed by atoms with Crippen LogP contribution in [-0.2, 0) is 61.6 Å². The van der Waals surface area contributed by atoms with Gasteiger partial charge in [0.2, 0.25) is 0 Å². The van der Waals surface area contributed by atoms with Crippen molar-refractivity contribution >= 4 is 0 Å². The molecular weight excluding hydrogens is 740 g/mol. The lowest BCUT2D eigenvalue weighted by molar-refractivity contribution is -0.103. The molecule has 0 saturated carbocycles. The molecule has 0 bridgehead atoms. The summed E-state index contributed by atoms with van der Waals surface area (Å²) in [6.07, 6.45) is 11.1. The van der Waals surface area contributed by atoms with Gasteiger partial charge < -0.3 is 66.7 Å². The Labute approximate surface area is 347 Å². The van der Waals surface area contributed by atoms with E-state index in [2.05, 4.69) is 6.92 Å². The fourth-order valence-electron chi connectivity index (χ4n) is 5.05. The molecule has 344 valence electrons. The number of hydrogen-bond donors (Lipinski definition) is 1. The molecule has 0 aliphatic rings. The van der Waals surface area contributed by atoms with Crippen molar-refractivity contribution in [1.82, 2.24) is 0 Å². The zero-order chi connectivity index (χ0) is 41.9. The lowest BCUT2D eigenvalue weighted by Gasteiger charge is -2.22. The molecule has 0 fully saturated rings. The van der Waals surface area contributed by atoms with E-state index in [0.29, 0.717) is 132 Å². The molecule has 0 amide bonds. The van der Waals surface area contributed by atoms with Crippen LogP contribution in [0.4, 0.5) is 0 Å². The SMILES string of the molecule is CCCCCCCCCCCOCCOCCOCCOCCOCCOCCOCCOCC(C)OCC(C)OCC(C)OCC(C)OCC(C)OCC(C)O. The Kier molecular flexibility index (Phi) is 44.5. The van der Waals surface area contributed by atoms with Gasteiger partial charge in [-0.3, -0.25) is 0 Å². The van der Waals surface area contributed by atoms with Gasteiger partial charge in [0.05, 0.1) is 169 Å². The van der Waals surface area contributed by atoms with Crippen LogP contribution in [0.25, 0.3) is 0 Å². The molecule has 0 radical (unpaired) electrons. The number of aliphatic hydroxyl groups excluding tert-OH is 1. The summed E-state index contributed by atoms with van der Waals surface area (Å²) in [7, 11) is 0. The quantitative estimate of drug-likeness (QED) is 0.0712. The predicted molar refractivity (Wildman–Crippen MR) is 223 cm³/mol. The number of hydrogen-bond acceptors (Lipinski definition) is 14. The zero-order valence-electron chi connectivity index (χ0n) is 37.4. The molecule has 0 heterocycles. The summed E-state index contributed by atoms with van der Waals surface area (Å²) < 4.78 is 73.4. The van der Waals surface area contributed by atoms with Gasteiger partial charge >= 0.3 is 0 Å². The highest BCUT2D eigenvalue weighted by Gasteiger charge is 2.13. The van der Waals surface area contributed by atoms with Gasteiger partial charge in [-0.2, -0.15) is 0 Å². The Morgan fingerprint density at radius 2 is 0.526 bits per heavy atom. The fourth-order valence-corrected chi connectivity index (χ4v) is 5.05. The highest BCUT2D eigenvalue weighted by atomic mass is 16.6. The first kappa shape index (κ1) is 56.4. The third-order valence-corrected chi connectivity index (χ3v) is 8.43. The third kappa shape index (κ3) is 46.4. The van der Waals surface area contributed by atoms with E-state index in [9.17, 15) is 5.11 Å². The molecule has 0 aliphatic carbocycles. The first-order valence-corrected chi connectivity index (χ1v) is 22.1. The molecule has 0 aromatic rings. The molecular formula is C43H88O14. The zero-order valence-corrected chi connectivity index (χ0v) is 37.4. The summed E-state index contributed by atoms with van der Waals surface area (Å²) in [6.45, 7) is 24.7. The predicted octanol–water partition coefficient (Wildman–Crippen LogP) is 6.06. The van der Waals surface area contributed by atoms with E-state index < -0.39 is 6.10 Å². The Morgan fingerprint density at radius 1 is 0.281 bits per heavy atom. The average Bonchev–Trinajstić information content (AvgIpc) is 3.20. The van der Waals surface area contributed by atoms with Crippen LogP contribution in [-0.4, -0.2) is 180 Å². The molecule has 0 aliphatic heterocycles. The van der Waals surface area contributed by atoms with E-state index in [1.54, 1.807) is 6.92 Å². The monoisotopic (exact) mass is 829 g/mol. The molecule has 0 aromatic heterocycles. The summed E-state index contributed by atoms with van der Waals surface area (Å²) in [5.74, 6) is 0. The van der Waals surface area contributed by atoms with Crippen LogP contribution in [0.1, 0.15) is 106 Å². The van der Waals surface area contributed by atoms with Crippen molar-refractivity contribution in [2.75, 3.05) is 139 Å². The highest BCUT2D eigenvalue weighted by Crippen LogP contribution is 2.09. The van der Waals surface area contributed by atoms with E-state index in [4.69, 9.17) is 61.6 Å². The van der Waals surface area contributed by atoms with Gasteiger partial charge in [-0.1, -0.05) is 58.3 Å². The number of aliphatic hydroxyl groups is 1. The van der Waals surface area contributed by atoms with Crippen molar-refractivity contribution in [2.24, 2.45) is 0 Å². The van der Waals surface area contributed by atoms with Crippen LogP contribution in [0.15, 0.2) is 0 Å². The van der Waals surface area contributed by atoms with Crippen LogP contribution in [0.5, 0.6) is 0 Å². The second-order valence-corrected chi connectivity index (χ2v) is 14.8. The molecule has 6 atom stereocenters. The fraction of sp³-hybridized carbons (Fsp3) is 1.00. The summed E-state index contributed by atoms with van der Waals surface area (Å²) in [6, 6.07) is 0. The number of ether oxygens (including phenoxy) is 13. The second-order valence-electron chi connectivity index (χ2n) is 14.8. The van der Waals surface area contributed by atoms with Crippen molar-refractivity contribution in [1.29, 1.82) is 0 Å². The molecule has 0 rings (SSSR count). The molecule has 0 spiro atoms. The van der Waals surface area contributed by atoms with Crippen molar-refractivity contribution in [3.8, 4) is 0 Å². The van der Waals surface area contributed by atoms with Crippen LogP contribution >= 0.6 is 0 Å². The Balaban J connectivity index is 3.34. The van der Waals surface area contributed by atoms with Crippen molar-refractivity contribution in [2.45, 2.75) is 143 Å². The molecule has 14 nitrogen and oxygen atoms in total. The minimum Gasteiger partial charge on any atom is -0.391 e. The summed E-state index contributed by atoms with van der Waals surface area (Å²) in [5.41, 5.74) is 0. The lowest BCUT2D eigenvalue weighted by Crippen LogP contribution is -2.29. The van der Waals surface area contributed by atoms with Gasteiger partial charge in [-0.15, -0.1) is 0 Å². The lowest BCUT2D eigenvalue weighted by atomic mass is 10.1. The third-order valence-electron chi connectivity index (χ3n) is 8.43. The van der Waals surface area contributed by atoms with E-state index in [0.717, 1.165) is 13.0 Å². The van der Waals surface area contributed by atoms with E-state index >= 15 is 0 Å². The van der Waals surface area contributed by atoms with E-state index in [1.807, 2.05) is 34.6 Å². The van der Waals surface area contributed by atoms with E-state index in [-0.39, 0.29) is 30.5 Å². The topological polar surface area (TPSA) is 140 Å². The molecule has 6 unspecified atom stereocenters. The Bertz CT molecular complexity index is 767. The van der Waals surface area contributed by atoms with Gasteiger partial charge in [-0.25, -0.2) is 0 Å².